The number of nitrogens with zero attached hydrogens (tertiary/aromatic N) is 2. The molecule has 0 aliphatic heterocycles. The average Bonchev–Trinajstić information content (AvgIpc) is 2.51. The lowest BCUT2D eigenvalue weighted by molar-refractivity contribution is 0.281. The van der Waals surface area contributed by atoms with Gasteiger partial charge in [-0.3, -0.25) is 0 Å². The number of hydrogen-bond acceptors (Lipinski definition) is 5. The van der Waals surface area contributed by atoms with E-state index in [2.05, 4.69) is 22.2 Å². The van der Waals surface area contributed by atoms with Gasteiger partial charge in [-0.05, 0) is 17.5 Å². The molecule has 0 fully saturated rings. The van der Waals surface area contributed by atoms with E-state index in [1.807, 2.05) is 24.3 Å². The molecule has 0 spiro atoms. The van der Waals surface area contributed by atoms with Crippen molar-refractivity contribution in [2.75, 3.05) is 11.9 Å². The quantitative estimate of drug-likeness (QED) is 0.810. The largest absolute Gasteiger partial charge is 0.478 e. The second-order valence-electron chi connectivity index (χ2n) is 4.42. The lowest BCUT2D eigenvalue weighted by atomic mass is 10.1. The van der Waals surface area contributed by atoms with Crippen LogP contribution in [0.25, 0.3) is 0 Å². The first-order valence-electron chi connectivity index (χ1n) is 6.69. The second kappa shape index (κ2) is 7.45. The molecule has 0 unspecified atom stereocenters. The van der Waals surface area contributed by atoms with Crippen LogP contribution in [0.1, 0.15) is 24.5 Å². The Balaban J connectivity index is 1.95. The molecular weight excluding hydrogens is 254 g/mol. The fraction of sp³-hybridized carbons (Fsp3) is 0.333. The van der Waals surface area contributed by atoms with Crippen LogP contribution in [0.3, 0.4) is 0 Å². The summed E-state index contributed by atoms with van der Waals surface area (Å²) in [5.41, 5.74) is 1.99. The molecule has 0 saturated heterocycles. The number of aliphatic hydroxyl groups excluding tert-OH is 1. The van der Waals surface area contributed by atoms with Crippen LogP contribution in [0.4, 0.5) is 5.82 Å². The summed E-state index contributed by atoms with van der Waals surface area (Å²) in [6, 6.07) is 9.57. The fourth-order valence-corrected chi connectivity index (χ4v) is 1.75. The summed E-state index contributed by atoms with van der Waals surface area (Å²) >= 11 is 0. The normalized spacial score (nSPS) is 10.3. The number of rotatable bonds is 7. The third-order valence-corrected chi connectivity index (χ3v) is 2.74. The number of hydrogen-bond donors (Lipinski definition) is 2. The van der Waals surface area contributed by atoms with Crippen LogP contribution in [-0.4, -0.2) is 21.7 Å². The average molecular weight is 273 g/mol. The number of ether oxygens (including phenoxy) is 1. The number of aliphatic hydroxyl groups is 1. The molecule has 5 nitrogen and oxygen atoms in total. The molecule has 2 aromatic rings. The monoisotopic (exact) mass is 273 g/mol. The van der Waals surface area contributed by atoms with Gasteiger partial charge in [-0.2, -0.15) is 0 Å². The van der Waals surface area contributed by atoms with Gasteiger partial charge in [-0.1, -0.05) is 31.2 Å². The Morgan fingerprint density at radius 2 is 2.05 bits per heavy atom. The second-order valence-corrected chi connectivity index (χ2v) is 4.42. The van der Waals surface area contributed by atoms with Crippen molar-refractivity contribution in [3.8, 4) is 5.88 Å². The molecule has 2 rings (SSSR count). The Hall–Kier alpha value is -2.14. The van der Waals surface area contributed by atoms with E-state index in [0.717, 1.165) is 23.4 Å². The zero-order chi connectivity index (χ0) is 14.2. The molecule has 0 amide bonds. The third kappa shape index (κ3) is 4.20. The maximum absolute atomic E-state index is 9.11. The summed E-state index contributed by atoms with van der Waals surface area (Å²) < 4.78 is 5.46. The van der Waals surface area contributed by atoms with Gasteiger partial charge in [0.1, 0.15) is 12.1 Å². The maximum atomic E-state index is 9.11. The van der Waals surface area contributed by atoms with E-state index in [4.69, 9.17) is 9.84 Å². The van der Waals surface area contributed by atoms with E-state index in [-0.39, 0.29) is 6.61 Å². The van der Waals surface area contributed by atoms with Crippen LogP contribution in [0.2, 0.25) is 0 Å². The summed E-state index contributed by atoms with van der Waals surface area (Å²) in [4.78, 5) is 8.21. The first kappa shape index (κ1) is 14.3. The Bertz CT molecular complexity index is 546. The van der Waals surface area contributed by atoms with E-state index in [9.17, 15) is 0 Å². The molecule has 2 N–H and O–H groups in total. The van der Waals surface area contributed by atoms with Gasteiger partial charge in [-0.25, -0.2) is 9.97 Å². The van der Waals surface area contributed by atoms with Crippen LogP contribution >= 0.6 is 0 Å². The number of anilines is 1. The molecule has 5 heteroatoms. The van der Waals surface area contributed by atoms with Gasteiger partial charge in [0.15, 0.2) is 0 Å². The lowest BCUT2D eigenvalue weighted by Gasteiger charge is -2.08. The Labute approximate surface area is 118 Å². The third-order valence-electron chi connectivity index (χ3n) is 2.74. The molecule has 106 valence electrons. The standard InChI is InChI=1S/C15H19N3O2/c1-2-6-20-15-8-14(17-11-18-15)16-9-12-4-3-5-13(7-12)10-19/h3-5,7-8,11,19H,2,6,9-10H2,1H3,(H,16,17,18). The van der Waals surface area contributed by atoms with Gasteiger partial charge in [0.25, 0.3) is 0 Å². The van der Waals surface area contributed by atoms with Crippen molar-refractivity contribution < 1.29 is 9.84 Å². The van der Waals surface area contributed by atoms with E-state index < -0.39 is 0 Å². The summed E-state index contributed by atoms with van der Waals surface area (Å²) in [6.45, 7) is 3.39. The van der Waals surface area contributed by atoms with Gasteiger partial charge in [0.05, 0.1) is 13.2 Å². The molecule has 0 aliphatic rings. The van der Waals surface area contributed by atoms with Crippen molar-refractivity contribution >= 4 is 5.82 Å². The molecule has 0 radical (unpaired) electrons. The number of nitrogens with one attached hydrogen (secondary N) is 1. The summed E-state index contributed by atoms with van der Waals surface area (Å²) in [5.74, 6) is 1.30. The predicted octanol–water partition coefficient (Wildman–Crippen LogP) is 2.37. The van der Waals surface area contributed by atoms with Crippen LogP contribution in [0, 0.1) is 0 Å². The highest BCUT2D eigenvalue weighted by atomic mass is 16.5. The lowest BCUT2D eigenvalue weighted by Crippen LogP contribution is -2.04. The van der Waals surface area contributed by atoms with Crippen LogP contribution < -0.4 is 10.1 Å². The van der Waals surface area contributed by atoms with Gasteiger partial charge >= 0.3 is 0 Å². The Kier molecular flexibility index (Phi) is 5.32. The van der Waals surface area contributed by atoms with Crippen molar-refractivity contribution in [2.45, 2.75) is 26.5 Å². The highest BCUT2D eigenvalue weighted by molar-refractivity contribution is 5.38. The van der Waals surface area contributed by atoms with E-state index in [1.165, 1.54) is 6.33 Å². The minimum absolute atomic E-state index is 0.0519. The highest BCUT2D eigenvalue weighted by Gasteiger charge is 2.00. The Morgan fingerprint density at radius 1 is 1.20 bits per heavy atom. The molecule has 1 aromatic heterocycles. The van der Waals surface area contributed by atoms with Gasteiger partial charge < -0.3 is 15.2 Å². The van der Waals surface area contributed by atoms with Crippen LogP contribution in [-0.2, 0) is 13.2 Å². The molecule has 0 atom stereocenters. The van der Waals surface area contributed by atoms with Crippen LogP contribution in [0.5, 0.6) is 5.88 Å². The zero-order valence-corrected chi connectivity index (χ0v) is 11.5. The first-order valence-corrected chi connectivity index (χ1v) is 6.69. The smallest absolute Gasteiger partial charge is 0.218 e. The molecule has 0 bridgehead atoms. The van der Waals surface area contributed by atoms with Crippen molar-refractivity contribution in [3.63, 3.8) is 0 Å². The van der Waals surface area contributed by atoms with Crippen molar-refractivity contribution in [2.24, 2.45) is 0 Å². The zero-order valence-electron chi connectivity index (χ0n) is 11.5. The SMILES string of the molecule is CCCOc1cc(NCc2cccc(CO)c2)ncn1. The summed E-state index contributed by atoms with van der Waals surface area (Å²) in [6.07, 6.45) is 2.43. The predicted molar refractivity (Wildman–Crippen MR) is 77.5 cm³/mol. The molecule has 1 aromatic carbocycles. The number of aromatic nitrogens is 2. The summed E-state index contributed by atoms with van der Waals surface area (Å²) in [5, 5.41) is 12.3. The first-order chi connectivity index (χ1) is 9.81. The van der Waals surface area contributed by atoms with Gasteiger partial charge in [-0.15, -0.1) is 0 Å². The fourth-order valence-electron chi connectivity index (χ4n) is 1.75. The van der Waals surface area contributed by atoms with Crippen LogP contribution in [0.15, 0.2) is 36.7 Å². The highest BCUT2D eigenvalue weighted by Crippen LogP contribution is 2.13. The molecule has 1 heterocycles. The maximum Gasteiger partial charge on any atom is 0.218 e. The topological polar surface area (TPSA) is 67.3 Å². The Morgan fingerprint density at radius 3 is 2.85 bits per heavy atom. The minimum Gasteiger partial charge on any atom is -0.478 e. The van der Waals surface area contributed by atoms with Crippen molar-refractivity contribution in [1.29, 1.82) is 0 Å². The molecular formula is C15H19N3O2. The van der Waals surface area contributed by atoms with Gasteiger partial charge in [0.2, 0.25) is 5.88 Å². The van der Waals surface area contributed by atoms with E-state index in [1.54, 1.807) is 6.07 Å². The molecule has 0 saturated carbocycles. The van der Waals surface area contributed by atoms with E-state index >= 15 is 0 Å². The number of benzene rings is 1. The molecule has 20 heavy (non-hydrogen) atoms. The minimum atomic E-state index is 0.0519. The van der Waals surface area contributed by atoms with Crippen molar-refractivity contribution in [1.82, 2.24) is 9.97 Å². The van der Waals surface area contributed by atoms with Crippen molar-refractivity contribution in [3.05, 3.63) is 47.8 Å². The van der Waals surface area contributed by atoms with Gasteiger partial charge in [0, 0.05) is 12.6 Å². The van der Waals surface area contributed by atoms with E-state index in [0.29, 0.717) is 19.0 Å². The summed E-state index contributed by atoms with van der Waals surface area (Å²) in [7, 11) is 0. The molecule has 0 aliphatic carbocycles.